The maximum atomic E-state index is 12.4. The van der Waals surface area contributed by atoms with Crippen molar-refractivity contribution in [3.8, 4) is 0 Å². The van der Waals surface area contributed by atoms with Crippen LogP contribution in [-0.4, -0.2) is 36.4 Å². The molecule has 1 N–H and O–H groups in total. The molecule has 0 aliphatic heterocycles. The van der Waals surface area contributed by atoms with E-state index >= 15 is 0 Å². The van der Waals surface area contributed by atoms with Gasteiger partial charge in [0, 0.05) is 12.8 Å². The van der Waals surface area contributed by atoms with Crippen LogP contribution >= 0.6 is 0 Å². The molecular weight excluding hydrogens is 957 g/mol. The summed E-state index contributed by atoms with van der Waals surface area (Å²) in [6.07, 6.45) is 88.9. The second-order valence-corrected chi connectivity index (χ2v) is 25.4. The minimum absolute atomic E-state index is 0.0553. The number of hydrogen-bond donors (Lipinski definition) is 1. The lowest BCUT2D eigenvalue weighted by Gasteiger charge is -2.15. The van der Waals surface area contributed by atoms with Gasteiger partial charge in [0.1, 0.15) is 6.61 Å². The van der Waals surface area contributed by atoms with Gasteiger partial charge in [0.2, 0.25) is 0 Å². The quantitative estimate of drug-likeness (QED) is 0.0485. The molecule has 78 heavy (non-hydrogen) atoms. The van der Waals surface area contributed by atoms with Crippen molar-refractivity contribution < 1.29 is 24.2 Å². The van der Waals surface area contributed by atoms with E-state index in [0.29, 0.717) is 12.8 Å². The Morgan fingerprint density at radius 1 is 0.244 bits per heavy atom. The Hall–Kier alpha value is -1.10. The number of carbonyl (C=O) groups excluding carboxylic acids is 2. The topological polar surface area (TPSA) is 72.8 Å². The van der Waals surface area contributed by atoms with Crippen LogP contribution in [0.3, 0.4) is 0 Å². The van der Waals surface area contributed by atoms with Crippen LogP contribution in [0.4, 0.5) is 0 Å². The van der Waals surface area contributed by atoms with E-state index in [1.165, 1.54) is 379 Å². The Kier molecular flexibility index (Phi) is 69.2. The van der Waals surface area contributed by atoms with Gasteiger partial charge in [0.05, 0.1) is 6.61 Å². The smallest absolute Gasteiger partial charge is 0.306 e. The molecule has 5 heteroatoms. The first kappa shape index (κ1) is 76.9. The molecule has 1 atom stereocenters. The minimum atomic E-state index is -0.766. The first-order valence-electron chi connectivity index (χ1n) is 36.6. The molecule has 0 amide bonds. The van der Waals surface area contributed by atoms with E-state index in [1.807, 2.05) is 0 Å². The van der Waals surface area contributed by atoms with E-state index in [-0.39, 0.29) is 25.2 Å². The minimum Gasteiger partial charge on any atom is -0.462 e. The second kappa shape index (κ2) is 70.2. The summed E-state index contributed by atoms with van der Waals surface area (Å²) >= 11 is 0. The Balaban J connectivity index is 3.33. The van der Waals surface area contributed by atoms with Crippen molar-refractivity contribution in [3.05, 3.63) is 0 Å². The summed E-state index contributed by atoms with van der Waals surface area (Å²) in [4.78, 5) is 24.6. The molecule has 0 aromatic heterocycles. The van der Waals surface area contributed by atoms with Gasteiger partial charge in [-0.1, -0.05) is 412 Å². The molecule has 0 aliphatic carbocycles. The van der Waals surface area contributed by atoms with Gasteiger partial charge in [-0.2, -0.15) is 0 Å². The predicted octanol–water partition coefficient (Wildman–Crippen LogP) is 25.2. The zero-order valence-electron chi connectivity index (χ0n) is 53.7. The molecule has 1 unspecified atom stereocenters. The Morgan fingerprint density at radius 3 is 0.564 bits per heavy atom. The number of ether oxygens (including phenoxy) is 2. The third-order valence-electron chi connectivity index (χ3n) is 17.4. The first-order valence-corrected chi connectivity index (χ1v) is 36.6. The van der Waals surface area contributed by atoms with E-state index < -0.39 is 6.10 Å². The molecule has 0 rings (SSSR count). The van der Waals surface area contributed by atoms with E-state index in [9.17, 15) is 14.7 Å². The van der Waals surface area contributed by atoms with E-state index in [4.69, 9.17) is 9.47 Å². The monoisotopic (exact) mass is 1100 g/mol. The standard InChI is InChI=1S/C73H144O5/c1-3-5-7-9-11-13-15-17-19-21-23-25-27-29-30-31-32-33-34-35-36-37-38-39-40-41-42-44-46-48-50-52-54-56-58-60-62-64-66-68-73(76)78-71(69-74)70-77-72(75)67-65-63-61-59-57-55-53-51-49-47-45-43-28-26-24-22-20-18-16-14-12-10-8-6-4-2/h71,74H,3-70H2,1-2H3. The highest BCUT2D eigenvalue weighted by molar-refractivity contribution is 5.70. The molecule has 0 saturated heterocycles. The number of hydrogen-bond acceptors (Lipinski definition) is 5. The highest BCUT2D eigenvalue weighted by Crippen LogP contribution is 2.20. The van der Waals surface area contributed by atoms with Crippen LogP contribution in [0.2, 0.25) is 0 Å². The summed E-state index contributed by atoms with van der Waals surface area (Å²) < 4.78 is 10.8. The molecule has 466 valence electrons. The molecule has 0 radical (unpaired) electrons. The molecule has 0 saturated carbocycles. The highest BCUT2D eigenvalue weighted by atomic mass is 16.6. The van der Waals surface area contributed by atoms with Crippen LogP contribution < -0.4 is 0 Å². The van der Waals surface area contributed by atoms with Gasteiger partial charge < -0.3 is 14.6 Å². The van der Waals surface area contributed by atoms with Crippen LogP contribution in [0.25, 0.3) is 0 Å². The van der Waals surface area contributed by atoms with Crippen molar-refractivity contribution in [3.63, 3.8) is 0 Å². The lowest BCUT2D eigenvalue weighted by molar-refractivity contribution is -0.161. The lowest BCUT2D eigenvalue weighted by Crippen LogP contribution is -2.28. The number of aliphatic hydroxyl groups excluding tert-OH is 1. The van der Waals surface area contributed by atoms with Crippen LogP contribution in [0.1, 0.15) is 438 Å². The zero-order valence-corrected chi connectivity index (χ0v) is 53.7. The second-order valence-electron chi connectivity index (χ2n) is 25.4. The van der Waals surface area contributed by atoms with Crippen molar-refractivity contribution >= 4 is 11.9 Å². The van der Waals surface area contributed by atoms with E-state index in [2.05, 4.69) is 13.8 Å². The molecule has 0 bridgehead atoms. The van der Waals surface area contributed by atoms with Gasteiger partial charge in [-0.15, -0.1) is 0 Å². The number of aliphatic hydroxyl groups is 1. The largest absolute Gasteiger partial charge is 0.462 e. The molecule has 0 heterocycles. The summed E-state index contributed by atoms with van der Waals surface area (Å²) in [6.45, 7) is 4.23. The average molecular weight is 1100 g/mol. The van der Waals surface area contributed by atoms with E-state index in [0.717, 1.165) is 32.1 Å². The predicted molar refractivity (Wildman–Crippen MR) is 344 cm³/mol. The lowest BCUT2D eigenvalue weighted by atomic mass is 10.0. The molecule has 0 aliphatic rings. The normalized spacial score (nSPS) is 12.0. The van der Waals surface area contributed by atoms with Crippen molar-refractivity contribution in [2.24, 2.45) is 0 Å². The summed E-state index contributed by atoms with van der Waals surface area (Å²) in [7, 11) is 0. The molecule has 0 fully saturated rings. The SMILES string of the molecule is CCCCCCCCCCCCCCCCCCCCCCCCCCCCCCCCCCCCCCCCCC(=O)OC(CO)COC(=O)CCCCCCCCCCCCCCCCCCCCCCCCCCC. The van der Waals surface area contributed by atoms with Crippen LogP contribution in [0.15, 0.2) is 0 Å². The molecular formula is C73H144O5. The third kappa shape index (κ3) is 67.4. The van der Waals surface area contributed by atoms with Gasteiger partial charge in [0.15, 0.2) is 6.10 Å². The van der Waals surface area contributed by atoms with Crippen LogP contribution in [-0.2, 0) is 19.1 Å². The molecule has 0 aromatic rings. The maximum Gasteiger partial charge on any atom is 0.306 e. The summed E-state index contributed by atoms with van der Waals surface area (Å²) in [5.74, 6) is -0.558. The van der Waals surface area contributed by atoms with Crippen LogP contribution in [0.5, 0.6) is 0 Å². The van der Waals surface area contributed by atoms with Gasteiger partial charge >= 0.3 is 11.9 Å². The Bertz CT molecular complexity index is 1110. The highest BCUT2D eigenvalue weighted by Gasteiger charge is 2.16. The maximum absolute atomic E-state index is 12.4. The summed E-state index contributed by atoms with van der Waals surface area (Å²) in [5.41, 5.74) is 0. The Labute approximate surface area is 490 Å². The van der Waals surface area contributed by atoms with Crippen molar-refractivity contribution in [2.45, 2.75) is 444 Å². The fraction of sp³-hybridized carbons (Fsp3) is 0.973. The zero-order chi connectivity index (χ0) is 56.2. The van der Waals surface area contributed by atoms with Crippen molar-refractivity contribution in [1.29, 1.82) is 0 Å². The molecule has 0 aromatic carbocycles. The Morgan fingerprint density at radius 2 is 0.397 bits per heavy atom. The van der Waals surface area contributed by atoms with Crippen molar-refractivity contribution in [1.82, 2.24) is 0 Å². The van der Waals surface area contributed by atoms with Crippen LogP contribution in [0, 0.1) is 0 Å². The fourth-order valence-corrected chi connectivity index (χ4v) is 11.9. The van der Waals surface area contributed by atoms with Gasteiger partial charge in [-0.3, -0.25) is 9.59 Å². The van der Waals surface area contributed by atoms with Gasteiger partial charge in [-0.05, 0) is 12.8 Å². The molecule has 0 spiro atoms. The van der Waals surface area contributed by atoms with Gasteiger partial charge in [0.25, 0.3) is 0 Å². The summed E-state index contributed by atoms with van der Waals surface area (Å²) in [6, 6.07) is 0. The fourth-order valence-electron chi connectivity index (χ4n) is 11.9. The number of rotatable bonds is 70. The average Bonchev–Trinajstić information content (AvgIpc) is 3.44. The number of carbonyl (C=O) groups is 2. The number of esters is 2. The first-order chi connectivity index (χ1) is 38.6. The number of unbranched alkanes of at least 4 members (excludes halogenated alkanes) is 62. The molecule has 5 nitrogen and oxygen atoms in total. The third-order valence-corrected chi connectivity index (χ3v) is 17.4. The van der Waals surface area contributed by atoms with E-state index in [1.54, 1.807) is 0 Å². The van der Waals surface area contributed by atoms with Crippen molar-refractivity contribution in [2.75, 3.05) is 13.2 Å². The van der Waals surface area contributed by atoms with Gasteiger partial charge in [-0.25, -0.2) is 0 Å². The summed E-state index contributed by atoms with van der Waals surface area (Å²) in [5, 5.41) is 9.70.